The molecule has 72 valence electrons. The molecule has 0 aliphatic rings. The van der Waals surface area contributed by atoms with Gasteiger partial charge in [-0.3, -0.25) is 0 Å². The highest BCUT2D eigenvalue weighted by atomic mass is 28.4. The maximum atomic E-state index is 5.72. The van der Waals surface area contributed by atoms with Crippen LogP contribution >= 0.6 is 0 Å². The van der Waals surface area contributed by atoms with Crippen molar-refractivity contribution in [3.8, 4) is 5.75 Å². The van der Waals surface area contributed by atoms with Gasteiger partial charge in [0.25, 0.3) is 0 Å². The van der Waals surface area contributed by atoms with Gasteiger partial charge in [0.2, 0.25) is 0 Å². The predicted octanol–water partition coefficient (Wildman–Crippen LogP) is 2.72. The highest BCUT2D eigenvalue weighted by Crippen LogP contribution is 2.16. The van der Waals surface area contributed by atoms with Crippen LogP contribution in [0.25, 0.3) is 0 Å². The Bertz CT molecular complexity index is 267. The van der Waals surface area contributed by atoms with Gasteiger partial charge in [-0.25, -0.2) is 0 Å². The Morgan fingerprint density at radius 3 is 2.08 bits per heavy atom. The molecule has 0 amide bonds. The minimum absolute atomic E-state index is 0.893. The van der Waals surface area contributed by atoms with Gasteiger partial charge >= 0.3 is 8.56 Å². The van der Waals surface area contributed by atoms with Gasteiger partial charge < -0.3 is 8.85 Å². The third-order valence-corrected chi connectivity index (χ3v) is 3.59. The fourth-order valence-corrected chi connectivity index (χ4v) is 1.72. The van der Waals surface area contributed by atoms with E-state index in [-0.39, 0.29) is 0 Å². The maximum absolute atomic E-state index is 5.72. The summed E-state index contributed by atoms with van der Waals surface area (Å²) >= 11 is 0. The van der Waals surface area contributed by atoms with Crippen LogP contribution in [0.1, 0.15) is 5.56 Å². The van der Waals surface area contributed by atoms with Crippen molar-refractivity contribution in [1.82, 2.24) is 0 Å². The zero-order chi connectivity index (χ0) is 9.90. The average Bonchev–Trinajstić information content (AvgIpc) is 2.09. The minimum atomic E-state index is -1.94. The van der Waals surface area contributed by atoms with Crippen LogP contribution in [-0.2, 0) is 4.43 Å². The Morgan fingerprint density at radius 2 is 1.62 bits per heavy atom. The van der Waals surface area contributed by atoms with Crippen molar-refractivity contribution >= 4 is 8.56 Å². The van der Waals surface area contributed by atoms with Gasteiger partial charge in [-0.1, -0.05) is 17.7 Å². The molecule has 0 fully saturated rings. The zero-order valence-corrected chi connectivity index (χ0v) is 9.63. The Kier molecular flexibility index (Phi) is 3.11. The van der Waals surface area contributed by atoms with E-state index in [1.807, 2.05) is 37.4 Å². The SMILES string of the molecule is CO[Si](C)(C)Oc1ccc(C)cc1. The highest BCUT2D eigenvalue weighted by Gasteiger charge is 2.24. The standard InChI is InChI=1S/C10H16O2Si/c1-9-5-7-10(8-6-9)12-13(3,4)11-2/h5-8H,1-4H3. The first-order valence-corrected chi connectivity index (χ1v) is 7.16. The van der Waals surface area contributed by atoms with E-state index in [2.05, 4.69) is 6.92 Å². The van der Waals surface area contributed by atoms with Gasteiger partial charge in [0.1, 0.15) is 5.75 Å². The second kappa shape index (κ2) is 3.94. The van der Waals surface area contributed by atoms with Crippen LogP contribution in [0.2, 0.25) is 13.1 Å². The molecular formula is C10H16O2Si. The lowest BCUT2D eigenvalue weighted by atomic mass is 10.2. The van der Waals surface area contributed by atoms with Gasteiger partial charge in [-0.15, -0.1) is 0 Å². The second-order valence-corrected chi connectivity index (χ2v) is 6.93. The third kappa shape index (κ3) is 3.20. The second-order valence-electron chi connectivity index (χ2n) is 3.52. The van der Waals surface area contributed by atoms with E-state index >= 15 is 0 Å². The van der Waals surface area contributed by atoms with Crippen molar-refractivity contribution in [2.45, 2.75) is 20.0 Å². The fourth-order valence-electron chi connectivity index (χ4n) is 0.932. The highest BCUT2D eigenvalue weighted by molar-refractivity contribution is 6.65. The van der Waals surface area contributed by atoms with Gasteiger partial charge in [0.15, 0.2) is 0 Å². The molecule has 1 aromatic carbocycles. The first kappa shape index (κ1) is 10.3. The van der Waals surface area contributed by atoms with Crippen LogP contribution in [0.4, 0.5) is 0 Å². The molecule has 2 nitrogen and oxygen atoms in total. The van der Waals surface area contributed by atoms with E-state index in [9.17, 15) is 0 Å². The lowest BCUT2D eigenvalue weighted by Gasteiger charge is -2.21. The Morgan fingerprint density at radius 1 is 1.08 bits per heavy atom. The van der Waals surface area contributed by atoms with E-state index in [1.165, 1.54) is 5.56 Å². The molecule has 0 aliphatic carbocycles. The molecule has 0 N–H and O–H groups in total. The van der Waals surface area contributed by atoms with Crippen LogP contribution in [-0.4, -0.2) is 15.7 Å². The predicted molar refractivity (Wildman–Crippen MR) is 56.3 cm³/mol. The van der Waals surface area contributed by atoms with E-state index < -0.39 is 8.56 Å². The van der Waals surface area contributed by atoms with Crippen LogP contribution in [0.15, 0.2) is 24.3 Å². The summed E-state index contributed by atoms with van der Waals surface area (Å²) < 4.78 is 11.0. The smallest absolute Gasteiger partial charge is 0.392 e. The maximum Gasteiger partial charge on any atom is 0.392 e. The summed E-state index contributed by atoms with van der Waals surface area (Å²) in [5.74, 6) is 0.893. The number of aryl methyl sites for hydroxylation is 1. The zero-order valence-electron chi connectivity index (χ0n) is 8.63. The van der Waals surface area contributed by atoms with E-state index in [1.54, 1.807) is 7.11 Å². The first-order chi connectivity index (χ1) is 6.03. The summed E-state index contributed by atoms with van der Waals surface area (Å²) in [4.78, 5) is 0. The molecule has 0 radical (unpaired) electrons. The molecule has 0 heterocycles. The molecule has 0 atom stereocenters. The molecule has 0 spiro atoms. The lowest BCUT2D eigenvalue weighted by Crippen LogP contribution is -2.36. The molecule has 0 aromatic heterocycles. The summed E-state index contributed by atoms with van der Waals surface area (Å²) in [6.07, 6.45) is 0. The topological polar surface area (TPSA) is 18.5 Å². The molecule has 3 heteroatoms. The molecule has 1 aromatic rings. The summed E-state index contributed by atoms with van der Waals surface area (Å²) in [5, 5.41) is 0. The van der Waals surface area contributed by atoms with E-state index in [4.69, 9.17) is 8.85 Å². The van der Waals surface area contributed by atoms with Crippen molar-refractivity contribution in [1.29, 1.82) is 0 Å². The van der Waals surface area contributed by atoms with Crippen molar-refractivity contribution in [3.05, 3.63) is 29.8 Å². The van der Waals surface area contributed by atoms with Gasteiger partial charge in [0.05, 0.1) is 0 Å². The van der Waals surface area contributed by atoms with Gasteiger partial charge in [-0.2, -0.15) is 0 Å². The number of hydrogen-bond donors (Lipinski definition) is 0. The minimum Gasteiger partial charge on any atom is -0.520 e. The molecule has 0 aliphatic heterocycles. The van der Waals surface area contributed by atoms with Crippen molar-refractivity contribution in [2.24, 2.45) is 0 Å². The average molecular weight is 196 g/mol. The van der Waals surface area contributed by atoms with Crippen LogP contribution < -0.4 is 4.43 Å². The van der Waals surface area contributed by atoms with Crippen molar-refractivity contribution < 1.29 is 8.85 Å². The normalized spacial score (nSPS) is 11.4. The molecule has 13 heavy (non-hydrogen) atoms. The van der Waals surface area contributed by atoms with Crippen molar-refractivity contribution in [2.75, 3.05) is 7.11 Å². The molecule has 0 saturated carbocycles. The summed E-state index contributed by atoms with van der Waals surface area (Å²) in [5.41, 5.74) is 1.24. The largest absolute Gasteiger partial charge is 0.520 e. The molecule has 0 saturated heterocycles. The Labute approximate surface area is 80.7 Å². The lowest BCUT2D eigenvalue weighted by molar-refractivity contribution is 0.314. The van der Waals surface area contributed by atoms with Crippen molar-refractivity contribution in [3.63, 3.8) is 0 Å². The van der Waals surface area contributed by atoms with Gasteiger partial charge in [0, 0.05) is 7.11 Å². The monoisotopic (exact) mass is 196 g/mol. The third-order valence-electron chi connectivity index (χ3n) is 1.88. The summed E-state index contributed by atoms with van der Waals surface area (Å²) in [6, 6.07) is 8.02. The van der Waals surface area contributed by atoms with Gasteiger partial charge in [-0.05, 0) is 32.2 Å². The fraction of sp³-hybridized carbons (Fsp3) is 0.400. The quantitative estimate of drug-likeness (QED) is 0.692. The molecular weight excluding hydrogens is 180 g/mol. The van der Waals surface area contributed by atoms with E-state index in [0.29, 0.717) is 0 Å². The van der Waals surface area contributed by atoms with Crippen LogP contribution in [0.5, 0.6) is 5.75 Å². The Hall–Kier alpha value is -0.803. The molecule has 1 rings (SSSR count). The van der Waals surface area contributed by atoms with E-state index in [0.717, 1.165) is 5.75 Å². The molecule has 0 bridgehead atoms. The Balaban J connectivity index is 2.69. The summed E-state index contributed by atoms with van der Waals surface area (Å²) in [7, 11) is -0.241. The number of rotatable bonds is 3. The first-order valence-electron chi connectivity index (χ1n) is 4.34. The number of benzene rings is 1. The van der Waals surface area contributed by atoms with Crippen LogP contribution in [0, 0.1) is 6.92 Å². The number of hydrogen-bond acceptors (Lipinski definition) is 2. The van der Waals surface area contributed by atoms with Crippen LogP contribution in [0.3, 0.4) is 0 Å². The molecule has 0 unspecified atom stereocenters. The summed E-state index contributed by atoms with van der Waals surface area (Å²) in [6.45, 7) is 6.10.